The van der Waals surface area contributed by atoms with Crippen molar-refractivity contribution in [1.29, 1.82) is 0 Å². The standard InChI is InChI=1S/C19H22N2O3S/c1-14-9-10-16(13-17(14)25(23,24)20-2)21-18(22)19(11-6-12-19)15-7-4-3-5-8-15/h3-5,7-10,13,20H,6,11-12H2,1-2H3,(H,21,22). The van der Waals surface area contributed by atoms with E-state index in [0.29, 0.717) is 11.3 Å². The lowest BCUT2D eigenvalue weighted by Gasteiger charge is -2.40. The number of hydrogen-bond donors (Lipinski definition) is 2. The molecule has 2 aromatic rings. The number of carbonyl (C=O) groups excluding carboxylic acids is 1. The number of aryl methyl sites for hydroxylation is 1. The molecular formula is C19H22N2O3S. The van der Waals surface area contributed by atoms with E-state index >= 15 is 0 Å². The Bertz CT molecular complexity index is 888. The van der Waals surface area contributed by atoms with Gasteiger partial charge in [0.15, 0.2) is 0 Å². The maximum atomic E-state index is 13.0. The number of anilines is 1. The van der Waals surface area contributed by atoms with Crippen LogP contribution in [0.4, 0.5) is 5.69 Å². The van der Waals surface area contributed by atoms with Gasteiger partial charge in [-0.25, -0.2) is 13.1 Å². The third kappa shape index (κ3) is 3.19. The minimum atomic E-state index is -3.57. The van der Waals surface area contributed by atoms with Gasteiger partial charge < -0.3 is 5.32 Å². The lowest BCUT2D eigenvalue weighted by molar-refractivity contribution is -0.124. The van der Waals surface area contributed by atoms with Crippen LogP contribution in [0.15, 0.2) is 53.4 Å². The molecule has 1 aliphatic carbocycles. The molecule has 1 aliphatic rings. The van der Waals surface area contributed by atoms with Gasteiger partial charge in [0.1, 0.15) is 0 Å². The molecule has 0 aliphatic heterocycles. The molecule has 3 rings (SSSR count). The second kappa shape index (κ2) is 6.61. The highest BCUT2D eigenvalue weighted by Gasteiger charge is 2.45. The van der Waals surface area contributed by atoms with E-state index in [1.54, 1.807) is 19.1 Å². The summed E-state index contributed by atoms with van der Waals surface area (Å²) in [5.74, 6) is -0.0818. The van der Waals surface area contributed by atoms with Crippen molar-refractivity contribution in [3.8, 4) is 0 Å². The Morgan fingerprint density at radius 1 is 1.08 bits per heavy atom. The molecule has 2 aromatic carbocycles. The van der Waals surface area contributed by atoms with Gasteiger partial charge in [-0.1, -0.05) is 42.8 Å². The van der Waals surface area contributed by atoms with Crippen molar-refractivity contribution in [2.24, 2.45) is 0 Å². The van der Waals surface area contributed by atoms with Gasteiger partial charge in [0.25, 0.3) is 0 Å². The molecular weight excluding hydrogens is 336 g/mol. The number of carbonyl (C=O) groups is 1. The Hall–Kier alpha value is -2.18. The predicted octanol–water partition coefficient (Wildman–Crippen LogP) is 2.96. The van der Waals surface area contributed by atoms with Crippen molar-refractivity contribution in [3.63, 3.8) is 0 Å². The number of hydrogen-bond acceptors (Lipinski definition) is 3. The molecule has 0 spiro atoms. The smallest absolute Gasteiger partial charge is 0.240 e. The summed E-state index contributed by atoms with van der Waals surface area (Å²) in [6.45, 7) is 1.73. The van der Waals surface area contributed by atoms with Crippen LogP contribution < -0.4 is 10.0 Å². The molecule has 132 valence electrons. The third-order valence-corrected chi connectivity index (χ3v) is 6.53. The molecule has 0 bridgehead atoms. The minimum Gasteiger partial charge on any atom is -0.325 e. The Morgan fingerprint density at radius 3 is 2.32 bits per heavy atom. The highest BCUT2D eigenvalue weighted by atomic mass is 32.2. The molecule has 0 atom stereocenters. The maximum absolute atomic E-state index is 13.0. The van der Waals surface area contributed by atoms with E-state index < -0.39 is 15.4 Å². The molecule has 1 fully saturated rings. The van der Waals surface area contributed by atoms with Crippen molar-refractivity contribution < 1.29 is 13.2 Å². The molecule has 0 saturated heterocycles. The Balaban J connectivity index is 1.90. The number of amides is 1. The van der Waals surface area contributed by atoms with Crippen LogP contribution in [0.2, 0.25) is 0 Å². The second-order valence-corrected chi connectivity index (χ2v) is 8.30. The number of benzene rings is 2. The fraction of sp³-hybridized carbons (Fsp3) is 0.316. The first-order valence-electron chi connectivity index (χ1n) is 8.30. The van der Waals surface area contributed by atoms with Crippen LogP contribution in [0.25, 0.3) is 0 Å². The average molecular weight is 358 g/mol. The van der Waals surface area contributed by atoms with Crippen LogP contribution >= 0.6 is 0 Å². The van der Waals surface area contributed by atoms with E-state index in [4.69, 9.17) is 0 Å². The molecule has 6 heteroatoms. The van der Waals surface area contributed by atoms with Gasteiger partial charge in [-0.2, -0.15) is 0 Å². The van der Waals surface area contributed by atoms with Gasteiger partial charge in [0, 0.05) is 5.69 Å². The molecule has 25 heavy (non-hydrogen) atoms. The fourth-order valence-electron chi connectivity index (χ4n) is 3.26. The Labute approximate surface area is 148 Å². The number of rotatable bonds is 5. The molecule has 2 N–H and O–H groups in total. The van der Waals surface area contributed by atoms with E-state index in [0.717, 1.165) is 24.8 Å². The van der Waals surface area contributed by atoms with Crippen LogP contribution in [0.3, 0.4) is 0 Å². The van der Waals surface area contributed by atoms with Gasteiger partial charge in [-0.05, 0) is 50.1 Å². The molecule has 0 radical (unpaired) electrons. The number of nitrogens with one attached hydrogen (secondary N) is 2. The summed E-state index contributed by atoms with van der Waals surface area (Å²) in [6, 6.07) is 14.7. The Kier molecular flexibility index (Phi) is 4.67. The topological polar surface area (TPSA) is 75.3 Å². The monoisotopic (exact) mass is 358 g/mol. The zero-order valence-corrected chi connectivity index (χ0v) is 15.2. The van der Waals surface area contributed by atoms with Crippen LogP contribution in [-0.4, -0.2) is 21.4 Å². The first kappa shape index (κ1) is 17.6. The van der Waals surface area contributed by atoms with Gasteiger partial charge >= 0.3 is 0 Å². The van der Waals surface area contributed by atoms with E-state index in [-0.39, 0.29) is 10.8 Å². The van der Waals surface area contributed by atoms with E-state index in [9.17, 15) is 13.2 Å². The SMILES string of the molecule is CNS(=O)(=O)c1cc(NC(=O)C2(c3ccccc3)CCC2)ccc1C. The molecule has 1 saturated carbocycles. The lowest BCUT2D eigenvalue weighted by atomic mass is 9.64. The van der Waals surface area contributed by atoms with Crippen LogP contribution in [-0.2, 0) is 20.2 Å². The molecule has 5 nitrogen and oxygen atoms in total. The highest BCUT2D eigenvalue weighted by molar-refractivity contribution is 7.89. The third-order valence-electron chi connectivity index (χ3n) is 4.97. The molecule has 0 unspecified atom stereocenters. The fourth-order valence-corrected chi connectivity index (χ4v) is 4.26. The largest absolute Gasteiger partial charge is 0.325 e. The van der Waals surface area contributed by atoms with Crippen molar-refractivity contribution in [3.05, 3.63) is 59.7 Å². The first-order valence-corrected chi connectivity index (χ1v) is 9.78. The average Bonchev–Trinajstić information content (AvgIpc) is 2.56. The molecule has 1 amide bonds. The zero-order chi connectivity index (χ0) is 18.1. The maximum Gasteiger partial charge on any atom is 0.240 e. The van der Waals surface area contributed by atoms with Crippen LogP contribution in [0.1, 0.15) is 30.4 Å². The molecule has 0 aromatic heterocycles. The van der Waals surface area contributed by atoms with Crippen molar-refractivity contribution in [1.82, 2.24) is 4.72 Å². The summed E-state index contributed by atoms with van der Waals surface area (Å²) in [5, 5.41) is 2.92. The second-order valence-electron chi connectivity index (χ2n) is 6.44. The van der Waals surface area contributed by atoms with Crippen molar-refractivity contribution >= 4 is 21.6 Å². The minimum absolute atomic E-state index is 0.0818. The van der Waals surface area contributed by atoms with Crippen LogP contribution in [0, 0.1) is 6.92 Å². The molecule has 0 heterocycles. The van der Waals surface area contributed by atoms with Gasteiger partial charge in [-0.3, -0.25) is 4.79 Å². The lowest BCUT2D eigenvalue weighted by Crippen LogP contribution is -2.46. The van der Waals surface area contributed by atoms with E-state index in [1.165, 1.54) is 13.1 Å². The first-order chi connectivity index (χ1) is 11.9. The normalized spacial score (nSPS) is 16.1. The van der Waals surface area contributed by atoms with Gasteiger partial charge in [0.2, 0.25) is 15.9 Å². The van der Waals surface area contributed by atoms with Crippen LogP contribution in [0.5, 0.6) is 0 Å². The van der Waals surface area contributed by atoms with E-state index in [2.05, 4.69) is 10.0 Å². The van der Waals surface area contributed by atoms with Gasteiger partial charge in [0.05, 0.1) is 10.3 Å². The van der Waals surface area contributed by atoms with Crippen molar-refractivity contribution in [2.75, 3.05) is 12.4 Å². The summed E-state index contributed by atoms with van der Waals surface area (Å²) in [6.07, 6.45) is 2.61. The van der Waals surface area contributed by atoms with E-state index in [1.807, 2.05) is 30.3 Å². The summed E-state index contributed by atoms with van der Waals surface area (Å²) >= 11 is 0. The number of sulfonamides is 1. The zero-order valence-electron chi connectivity index (χ0n) is 14.4. The van der Waals surface area contributed by atoms with Crippen molar-refractivity contribution in [2.45, 2.75) is 36.5 Å². The van der Waals surface area contributed by atoms with Gasteiger partial charge in [-0.15, -0.1) is 0 Å². The summed E-state index contributed by atoms with van der Waals surface area (Å²) in [5.41, 5.74) is 1.61. The summed E-state index contributed by atoms with van der Waals surface area (Å²) in [4.78, 5) is 13.1. The quantitative estimate of drug-likeness (QED) is 0.863. The summed E-state index contributed by atoms with van der Waals surface area (Å²) < 4.78 is 26.6. The summed E-state index contributed by atoms with van der Waals surface area (Å²) in [7, 11) is -2.19. The Morgan fingerprint density at radius 2 is 1.76 bits per heavy atom. The predicted molar refractivity (Wildman–Crippen MR) is 98.0 cm³/mol. The highest BCUT2D eigenvalue weighted by Crippen LogP contribution is 2.44.